The largest absolute Gasteiger partial charge is 0.472 e. The summed E-state index contributed by atoms with van der Waals surface area (Å²) >= 11 is 1.60. The smallest absolute Gasteiger partial charge is 0.259 e. The first-order chi connectivity index (χ1) is 25.1. The number of pyridine rings is 1. The number of ketones is 1. The number of thiazole rings is 1. The molecule has 4 heterocycles. The zero-order valence-electron chi connectivity index (χ0n) is 30.3. The van der Waals surface area contributed by atoms with Crippen LogP contribution < -0.4 is 15.1 Å². The van der Waals surface area contributed by atoms with Gasteiger partial charge in [-0.25, -0.2) is 9.97 Å². The highest BCUT2D eigenvalue weighted by Gasteiger charge is 2.61. The van der Waals surface area contributed by atoms with Crippen molar-refractivity contribution >= 4 is 39.7 Å². The van der Waals surface area contributed by atoms with E-state index in [1.54, 1.807) is 34.6 Å². The lowest BCUT2D eigenvalue weighted by Gasteiger charge is -2.29. The Hall–Kier alpha value is -4.57. The summed E-state index contributed by atoms with van der Waals surface area (Å²) in [5.74, 6) is 0.0920. The van der Waals surface area contributed by atoms with Gasteiger partial charge in [-0.3, -0.25) is 14.4 Å². The molecule has 3 aliphatic rings. The van der Waals surface area contributed by atoms with Gasteiger partial charge in [0, 0.05) is 47.6 Å². The van der Waals surface area contributed by atoms with Crippen LogP contribution in [-0.2, 0) is 26.2 Å². The molecule has 10 heteroatoms. The molecule has 5 atom stereocenters. The third-order valence-electron chi connectivity index (χ3n) is 10.8. The van der Waals surface area contributed by atoms with E-state index in [0.29, 0.717) is 37.3 Å². The van der Waals surface area contributed by atoms with Crippen LogP contribution in [0.5, 0.6) is 11.6 Å². The van der Waals surface area contributed by atoms with Crippen molar-refractivity contribution in [3.63, 3.8) is 0 Å². The number of ether oxygens (including phenoxy) is 1. The number of nitrogens with zero attached hydrogens (tertiary/aromatic N) is 3. The van der Waals surface area contributed by atoms with E-state index < -0.39 is 17.6 Å². The van der Waals surface area contributed by atoms with Crippen LogP contribution in [0.3, 0.4) is 0 Å². The fourth-order valence-corrected chi connectivity index (χ4v) is 8.73. The Labute approximate surface area is 309 Å². The molecular formula is C42H48N4O5S. The average Bonchev–Trinajstić information content (AvgIpc) is 3.41. The molecule has 1 N–H and O–H groups in total. The fourth-order valence-electron chi connectivity index (χ4n) is 7.63. The first kappa shape index (κ1) is 35.8. The molecule has 0 unspecified atom stereocenters. The summed E-state index contributed by atoms with van der Waals surface area (Å²) in [5.41, 5.74) is 2.63. The van der Waals surface area contributed by atoms with Gasteiger partial charge in [-0.15, -0.1) is 11.3 Å². The van der Waals surface area contributed by atoms with Gasteiger partial charge in [0.05, 0.1) is 28.7 Å². The van der Waals surface area contributed by atoms with E-state index in [1.165, 1.54) is 0 Å². The minimum Gasteiger partial charge on any atom is -0.472 e. The predicted octanol–water partition coefficient (Wildman–Crippen LogP) is 7.79. The molecule has 2 aromatic heterocycles. The summed E-state index contributed by atoms with van der Waals surface area (Å²) in [6, 6.07) is 18.2. The molecular weight excluding hydrogens is 673 g/mol. The van der Waals surface area contributed by atoms with Crippen molar-refractivity contribution in [2.24, 2.45) is 17.3 Å². The van der Waals surface area contributed by atoms with Gasteiger partial charge in [0.1, 0.15) is 6.10 Å². The van der Waals surface area contributed by atoms with Crippen molar-refractivity contribution < 1.29 is 24.0 Å². The molecule has 2 fully saturated rings. The number of nitrogens with one attached hydrogen (secondary N) is 1. The zero-order valence-corrected chi connectivity index (χ0v) is 31.1. The van der Waals surface area contributed by atoms with Crippen LogP contribution in [0.1, 0.15) is 82.8 Å². The average molecular weight is 721 g/mol. The van der Waals surface area contributed by atoms with Gasteiger partial charge in [0.25, 0.3) is 5.91 Å². The number of aromatic nitrogens is 2. The molecule has 272 valence electrons. The molecule has 1 saturated heterocycles. The minimum absolute atomic E-state index is 0.00572. The number of allylic oxidation sites excluding steroid dienone is 2. The quantitative estimate of drug-likeness (QED) is 0.153. The maximum absolute atomic E-state index is 14.8. The van der Waals surface area contributed by atoms with Gasteiger partial charge in [0.2, 0.25) is 11.8 Å². The molecule has 2 aliphatic heterocycles. The molecule has 0 radical (unpaired) electrons. The van der Waals surface area contributed by atoms with Crippen LogP contribution in [0.15, 0.2) is 84.4 Å². The summed E-state index contributed by atoms with van der Waals surface area (Å²) in [6.45, 7) is 6.70. The number of benzene rings is 2. The third-order valence-corrected chi connectivity index (χ3v) is 11.7. The highest BCUT2D eigenvalue weighted by atomic mass is 32.1. The lowest BCUT2D eigenvalue weighted by Crippen LogP contribution is -2.46. The summed E-state index contributed by atoms with van der Waals surface area (Å²) in [6.07, 6.45) is 11.4. The lowest BCUT2D eigenvalue weighted by molar-refractivity contribution is -0.143. The second-order valence-electron chi connectivity index (χ2n) is 15.6. The number of carbonyl (C=O) groups excluding carboxylic acids is 3. The van der Waals surface area contributed by atoms with E-state index in [2.05, 4.69) is 48.8 Å². The van der Waals surface area contributed by atoms with Crippen LogP contribution in [0.25, 0.3) is 10.8 Å². The standard InChI is InChI=1S/C42H48N4O5S/c1-41(2,3)36-27-52-37(44-36)22-29-15-8-5-4-6-9-16-30-24-42(30,40(49)45-51-31-17-10-7-11-18-31)25-35(47)34-23-32(26-46(34)39(29)48)50-38-33-19-13-12-14-28(33)20-21-43-38/h7,9-14,16-21,27,29-30,32,34H,4-6,8,15,22-26H2,1-3H3,(H,45,49)/b16-9-/t29-,30-,32-,34+,42-/m1/s1. The molecule has 0 spiro atoms. The number of rotatable bonds is 7. The Balaban J connectivity index is 1.18. The normalized spacial score (nSPS) is 26.1. The number of hydrogen-bond donors (Lipinski definition) is 1. The fraction of sp³-hybridized carbons (Fsp3) is 0.452. The van der Waals surface area contributed by atoms with E-state index >= 15 is 0 Å². The Morgan fingerprint density at radius 2 is 1.85 bits per heavy atom. The van der Waals surface area contributed by atoms with Crippen LogP contribution in [0, 0.1) is 17.3 Å². The Bertz CT molecular complexity index is 1930. The zero-order chi connectivity index (χ0) is 36.3. The van der Waals surface area contributed by atoms with Gasteiger partial charge in [-0.2, -0.15) is 5.48 Å². The number of para-hydroxylation sites is 1. The van der Waals surface area contributed by atoms with E-state index in [4.69, 9.17) is 14.6 Å². The van der Waals surface area contributed by atoms with Gasteiger partial charge >= 0.3 is 0 Å². The van der Waals surface area contributed by atoms with Crippen molar-refractivity contribution in [2.45, 2.75) is 96.1 Å². The van der Waals surface area contributed by atoms with Gasteiger partial charge < -0.3 is 14.5 Å². The van der Waals surface area contributed by atoms with Crippen LogP contribution in [0.4, 0.5) is 0 Å². The number of hydrogen-bond acceptors (Lipinski definition) is 8. The van der Waals surface area contributed by atoms with Gasteiger partial charge in [-0.1, -0.05) is 82.2 Å². The lowest BCUT2D eigenvalue weighted by atomic mass is 9.90. The Morgan fingerprint density at radius 3 is 2.65 bits per heavy atom. The maximum atomic E-state index is 14.8. The summed E-state index contributed by atoms with van der Waals surface area (Å²) in [5, 5.41) is 4.92. The molecule has 2 amide bonds. The maximum Gasteiger partial charge on any atom is 0.259 e. The van der Waals surface area contributed by atoms with Crippen molar-refractivity contribution in [3.8, 4) is 11.6 Å². The van der Waals surface area contributed by atoms with Crippen LogP contribution in [-0.4, -0.2) is 51.2 Å². The van der Waals surface area contributed by atoms with E-state index in [0.717, 1.165) is 47.2 Å². The van der Waals surface area contributed by atoms with E-state index in [-0.39, 0.29) is 47.8 Å². The third kappa shape index (κ3) is 7.92. The summed E-state index contributed by atoms with van der Waals surface area (Å²) < 4.78 is 6.54. The van der Waals surface area contributed by atoms with Crippen molar-refractivity contribution in [2.75, 3.05) is 6.54 Å². The van der Waals surface area contributed by atoms with Crippen molar-refractivity contribution in [1.29, 1.82) is 0 Å². The SMILES string of the molecule is CC(C)(C)c1csc(C[C@H]2CCCCC/C=C\[C@@H]3C[C@@]3(C(=O)NOc3ccccc3)CC(=O)[C@@H]3C[C@@H](Oc4nccc5ccccc45)CN3C2=O)n1. The molecule has 0 bridgehead atoms. The topological polar surface area (TPSA) is 111 Å². The number of Topliss-reactive ketones (excluding diaryl/α,β-unsaturated/α-hetero) is 1. The number of fused-ring (bicyclic) bond motifs is 3. The molecule has 4 aromatic rings. The molecule has 2 aromatic carbocycles. The first-order valence-corrected chi connectivity index (χ1v) is 19.5. The van der Waals surface area contributed by atoms with Gasteiger partial charge in [-0.05, 0) is 61.3 Å². The number of hydroxylamine groups is 1. The molecule has 1 saturated carbocycles. The number of carbonyl (C=O) groups is 3. The predicted molar refractivity (Wildman–Crippen MR) is 202 cm³/mol. The monoisotopic (exact) mass is 720 g/mol. The Morgan fingerprint density at radius 1 is 1.04 bits per heavy atom. The van der Waals surface area contributed by atoms with Crippen molar-refractivity contribution in [3.05, 3.63) is 95.1 Å². The number of amides is 2. The molecule has 1 aliphatic carbocycles. The Kier molecular flexibility index (Phi) is 10.5. The summed E-state index contributed by atoms with van der Waals surface area (Å²) in [7, 11) is 0. The highest BCUT2D eigenvalue weighted by Crippen LogP contribution is 2.57. The second-order valence-corrected chi connectivity index (χ2v) is 16.6. The highest BCUT2D eigenvalue weighted by molar-refractivity contribution is 7.09. The van der Waals surface area contributed by atoms with Gasteiger partial charge in [0.15, 0.2) is 11.5 Å². The second kappa shape index (κ2) is 15.2. The first-order valence-electron chi connectivity index (χ1n) is 18.6. The molecule has 9 nitrogen and oxygen atoms in total. The van der Waals surface area contributed by atoms with Crippen LogP contribution >= 0.6 is 11.3 Å². The minimum atomic E-state index is -0.947. The van der Waals surface area contributed by atoms with E-state index in [1.807, 2.05) is 48.5 Å². The van der Waals surface area contributed by atoms with Crippen LogP contribution in [0.2, 0.25) is 0 Å². The summed E-state index contributed by atoms with van der Waals surface area (Å²) in [4.78, 5) is 60.1. The molecule has 52 heavy (non-hydrogen) atoms. The van der Waals surface area contributed by atoms with Crippen molar-refractivity contribution in [1.82, 2.24) is 20.3 Å². The molecule has 7 rings (SSSR count). The van der Waals surface area contributed by atoms with E-state index in [9.17, 15) is 14.4 Å².